The largest absolute Gasteiger partial charge is 0.482 e. The van der Waals surface area contributed by atoms with Crippen LogP contribution in [0.1, 0.15) is 24.2 Å². The van der Waals surface area contributed by atoms with E-state index in [-0.39, 0.29) is 12.1 Å². The summed E-state index contributed by atoms with van der Waals surface area (Å²) in [6.45, 7) is 3.95. The van der Waals surface area contributed by atoms with Crippen LogP contribution in [-0.4, -0.2) is 6.04 Å². The quantitative estimate of drug-likeness (QED) is 0.883. The van der Waals surface area contributed by atoms with Crippen LogP contribution in [0.25, 0.3) is 0 Å². The van der Waals surface area contributed by atoms with Gasteiger partial charge in [-0.3, -0.25) is 0 Å². The Hall–Kier alpha value is -1.22. The molecule has 0 aliphatic carbocycles. The topological polar surface area (TPSA) is 35.2 Å². The Morgan fingerprint density at radius 2 is 1.70 bits per heavy atom. The molecule has 2 N–H and O–H groups in total. The second kappa shape index (κ2) is 6.49. The zero-order valence-electron chi connectivity index (χ0n) is 11.4. The van der Waals surface area contributed by atoms with Gasteiger partial charge in [0.15, 0.2) is 0 Å². The Labute approximate surface area is 129 Å². The van der Waals surface area contributed by atoms with Crippen molar-refractivity contribution in [3.05, 3.63) is 63.6 Å². The fraction of sp³-hybridized carbons (Fsp3) is 0.250. The van der Waals surface area contributed by atoms with E-state index in [4.69, 9.17) is 33.7 Å². The van der Waals surface area contributed by atoms with E-state index in [1.165, 1.54) is 5.56 Å². The van der Waals surface area contributed by atoms with E-state index >= 15 is 0 Å². The predicted octanol–water partition coefficient (Wildman–Crippen LogP) is 4.77. The summed E-state index contributed by atoms with van der Waals surface area (Å²) >= 11 is 12.2. The second-order valence-electron chi connectivity index (χ2n) is 4.86. The molecule has 2 aromatic rings. The van der Waals surface area contributed by atoms with E-state index < -0.39 is 0 Å². The van der Waals surface area contributed by atoms with Crippen LogP contribution in [0.4, 0.5) is 0 Å². The third kappa shape index (κ3) is 3.45. The molecule has 106 valence electrons. The van der Waals surface area contributed by atoms with E-state index in [1.54, 1.807) is 18.2 Å². The fourth-order valence-electron chi connectivity index (χ4n) is 1.95. The summed E-state index contributed by atoms with van der Waals surface area (Å²) in [5.41, 5.74) is 8.25. The van der Waals surface area contributed by atoms with Gasteiger partial charge in [-0.25, -0.2) is 0 Å². The molecule has 0 saturated carbocycles. The van der Waals surface area contributed by atoms with Gasteiger partial charge in [0.2, 0.25) is 0 Å². The molecular weight excluding hydrogens is 293 g/mol. The smallest absolute Gasteiger partial charge is 0.140 e. The normalized spacial score (nSPS) is 13.8. The zero-order valence-corrected chi connectivity index (χ0v) is 12.9. The Morgan fingerprint density at radius 1 is 1.05 bits per heavy atom. The van der Waals surface area contributed by atoms with Crippen LogP contribution in [0.2, 0.25) is 10.0 Å². The molecule has 2 aromatic carbocycles. The second-order valence-corrected chi connectivity index (χ2v) is 5.65. The van der Waals surface area contributed by atoms with Crippen LogP contribution in [0, 0.1) is 6.92 Å². The van der Waals surface area contributed by atoms with Gasteiger partial charge < -0.3 is 10.5 Å². The Kier molecular flexibility index (Phi) is 4.92. The lowest BCUT2D eigenvalue weighted by atomic mass is 10.0. The van der Waals surface area contributed by atoms with Crippen molar-refractivity contribution in [1.29, 1.82) is 0 Å². The molecule has 2 nitrogen and oxygen atoms in total. The molecule has 0 radical (unpaired) electrons. The Bertz CT molecular complexity index is 582. The summed E-state index contributed by atoms with van der Waals surface area (Å²) < 4.78 is 5.97. The van der Waals surface area contributed by atoms with Crippen LogP contribution in [-0.2, 0) is 0 Å². The maximum Gasteiger partial charge on any atom is 0.140 e. The first-order chi connectivity index (χ1) is 9.49. The molecule has 0 aliphatic rings. The summed E-state index contributed by atoms with van der Waals surface area (Å²) in [7, 11) is 0. The maximum atomic E-state index is 6.16. The van der Waals surface area contributed by atoms with Gasteiger partial charge in [-0.05, 0) is 31.5 Å². The van der Waals surface area contributed by atoms with E-state index in [0.717, 1.165) is 5.56 Å². The molecule has 0 bridgehead atoms. The Morgan fingerprint density at radius 3 is 2.30 bits per heavy atom. The number of benzene rings is 2. The van der Waals surface area contributed by atoms with Crippen LogP contribution >= 0.6 is 23.2 Å². The minimum absolute atomic E-state index is 0.173. The minimum Gasteiger partial charge on any atom is -0.482 e. The van der Waals surface area contributed by atoms with Crippen LogP contribution in [0.15, 0.2) is 42.5 Å². The molecule has 2 atom stereocenters. The van der Waals surface area contributed by atoms with Crippen molar-refractivity contribution in [2.75, 3.05) is 0 Å². The predicted molar refractivity (Wildman–Crippen MR) is 84.7 cm³/mol. The molecule has 0 heterocycles. The van der Waals surface area contributed by atoms with Crippen molar-refractivity contribution in [3.63, 3.8) is 0 Å². The summed E-state index contributed by atoms with van der Waals surface area (Å²) in [5, 5.41) is 0.878. The highest BCUT2D eigenvalue weighted by Crippen LogP contribution is 2.35. The molecule has 0 spiro atoms. The number of ether oxygens (including phenoxy) is 1. The van der Waals surface area contributed by atoms with Crippen molar-refractivity contribution in [2.45, 2.75) is 26.0 Å². The molecule has 0 aliphatic heterocycles. The van der Waals surface area contributed by atoms with Crippen LogP contribution in [0.3, 0.4) is 0 Å². The number of hydrogen-bond donors (Lipinski definition) is 1. The van der Waals surface area contributed by atoms with E-state index in [9.17, 15) is 0 Å². The highest BCUT2D eigenvalue weighted by atomic mass is 35.5. The van der Waals surface area contributed by atoms with E-state index in [2.05, 4.69) is 0 Å². The van der Waals surface area contributed by atoms with Gasteiger partial charge in [-0.1, -0.05) is 59.1 Å². The van der Waals surface area contributed by atoms with Crippen molar-refractivity contribution in [1.82, 2.24) is 0 Å². The van der Waals surface area contributed by atoms with Crippen LogP contribution < -0.4 is 10.5 Å². The average molecular weight is 310 g/mol. The number of halogens is 2. The first-order valence-electron chi connectivity index (χ1n) is 6.42. The fourth-order valence-corrected chi connectivity index (χ4v) is 2.28. The maximum absolute atomic E-state index is 6.16. The highest BCUT2D eigenvalue weighted by Gasteiger charge is 2.20. The van der Waals surface area contributed by atoms with Crippen molar-refractivity contribution < 1.29 is 4.74 Å². The lowest BCUT2D eigenvalue weighted by Crippen LogP contribution is -2.29. The average Bonchev–Trinajstić information content (AvgIpc) is 2.41. The molecule has 0 fully saturated rings. The molecule has 0 aromatic heterocycles. The van der Waals surface area contributed by atoms with Crippen molar-refractivity contribution in [3.8, 4) is 5.75 Å². The molecule has 0 amide bonds. The van der Waals surface area contributed by atoms with Gasteiger partial charge in [0, 0.05) is 6.04 Å². The lowest BCUT2D eigenvalue weighted by Gasteiger charge is -2.24. The van der Waals surface area contributed by atoms with E-state index in [1.807, 2.05) is 38.1 Å². The van der Waals surface area contributed by atoms with Crippen molar-refractivity contribution in [2.24, 2.45) is 5.73 Å². The molecule has 4 heteroatoms. The summed E-state index contributed by atoms with van der Waals surface area (Å²) in [6.07, 6.45) is -0.272. The number of rotatable bonds is 4. The Balaban J connectivity index is 2.30. The van der Waals surface area contributed by atoms with Gasteiger partial charge >= 0.3 is 0 Å². The molecular formula is C16H17Cl2NO. The van der Waals surface area contributed by atoms with Gasteiger partial charge in [-0.15, -0.1) is 0 Å². The summed E-state index contributed by atoms with van der Waals surface area (Å²) in [4.78, 5) is 0. The molecule has 2 unspecified atom stereocenters. The van der Waals surface area contributed by atoms with Gasteiger partial charge in [-0.2, -0.15) is 0 Å². The molecule has 2 rings (SSSR count). The lowest BCUT2D eigenvalue weighted by molar-refractivity contribution is 0.180. The first kappa shape index (κ1) is 15.2. The third-order valence-corrected chi connectivity index (χ3v) is 3.86. The van der Waals surface area contributed by atoms with E-state index in [0.29, 0.717) is 15.8 Å². The summed E-state index contributed by atoms with van der Waals surface area (Å²) in [5.74, 6) is 0.544. The minimum atomic E-state index is -0.272. The molecule has 0 saturated heterocycles. The standard InChI is InChI=1S/C16H17Cl2NO/c1-10-6-8-12(9-7-10)16(11(2)19)20-14-5-3-4-13(17)15(14)18/h3-9,11,16H,19H2,1-2H3. The number of hydrogen-bond acceptors (Lipinski definition) is 2. The molecule has 20 heavy (non-hydrogen) atoms. The van der Waals surface area contributed by atoms with Crippen molar-refractivity contribution >= 4 is 23.2 Å². The van der Waals surface area contributed by atoms with Gasteiger partial charge in [0.05, 0.1) is 5.02 Å². The SMILES string of the molecule is Cc1ccc(C(Oc2cccc(Cl)c2Cl)C(C)N)cc1. The van der Waals surface area contributed by atoms with Crippen LogP contribution in [0.5, 0.6) is 5.75 Å². The number of aryl methyl sites for hydroxylation is 1. The zero-order chi connectivity index (χ0) is 14.7. The van der Waals surface area contributed by atoms with Gasteiger partial charge in [0.1, 0.15) is 16.9 Å². The monoisotopic (exact) mass is 309 g/mol. The van der Waals surface area contributed by atoms with Gasteiger partial charge in [0.25, 0.3) is 0 Å². The first-order valence-corrected chi connectivity index (χ1v) is 7.17. The third-order valence-electron chi connectivity index (χ3n) is 3.05. The summed E-state index contributed by atoms with van der Waals surface area (Å²) in [6, 6.07) is 13.2. The highest BCUT2D eigenvalue weighted by molar-refractivity contribution is 6.42. The number of nitrogens with two attached hydrogens (primary N) is 1.